The van der Waals surface area contributed by atoms with Crippen molar-refractivity contribution in [1.29, 1.82) is 5.26 Å². The van der Waals surface area contributed by atoms with Crippen LogP contribution in [0.4, 0.5) is 0 Å². The summed E-state index contributed by atoms with van der Waals surface area (Å²) in [6.07, 6.45) is 0.634. The Morgan fingerprint density at radius 2 is 2.11 bits per heavy atom. The molecule has 0 aromatic carbocycles. The van der Waals surface area contributed by atoms with Crippen molar-refractivity contribution in [3.63, 3.8) is 0 Å². The minimum absolute atomic E-state index is 0.118. The fourth-order valence-corrected chi connectivity index (χ4v) is 2.90. The summed E-state index contributed by atoms with van der Waals surface area (Å²) in [5.41, 5.74) is 1.56. The largest absolute Gasteiger partial charge is 0.342 e. The van der Waals surface area contributed by atoms with Gasteiger partial charge in [0, 0.05) is 13.0 Å². The van der Waals surface area contributed by atoms with Crippen LogP contribution in [0.5, 0.6) is 0 Å². The summed E-state index contributed by atoms with van der Waals surface area (Å²) < 4.78 is 13.1. The van der Waals surface area contributed by atoms with Gasteiger partial charge in [0.25, 0.3) is 5.56 Å². The lowest BCUT2D eigenvalue weighted by Gasteiger charge is -2.23. The summed E-state index contributed by atoms with van der Waals surface area (Å²) in [7, 11) is 0. The van der Waals surface area contributed by atoms with Gasteiger partial charge >= 0.3 is 0 Å². The van der Waals surface area contributed by atoms with Crippen LogP contribution >= 0.6 is 0 Å². The zero-order chi connectivity index (χ0) is 13.6. The number of aromatic nitrogens is 1. The average molecular weight is 260 g/mol. The molecular weight excluding hydrogens is 244 g/mol. The van der Waals surface area contributed by atoms with Crippen LogP contribution in [0.3, 0.4) is 0 Å². The van der Waals surface area contributed by atoms with E-state index in [4.69, 9.17) is 9.47 Å². The number of hydrogen-bond acceptors (Lipinski definition) is 4. The second-order valence-electron chi connectivity index (χ2n) is 5.28. The molecule has 2 aliphatic heterocycles. The van der Waals surface area contributed by atoms with E-state index in [-0.39, 0.29) is 17.0 Å². The number of rotatable bonds is 1. The zero-order valence-corrected chi connectivity index (χ0v) is 11.1. The van der Waals surface area contributed by atoms with Crippen LogP contribution in [0.1, 0.15) is 43.0 Å². The molecule has 2 aliphatic rings. The van der Waals surface area contributed by atoms with Gasteiger partial charge in [-0.3, -0.25) is 4.79 Å². The molecule has 0 unspecified atom stereocenters. The van der Waals surface area contributed by atoms with Crippen molar-refractivity contribution in [3.8, 4) is 6.07 Å². The van der Waals surface area contributed by atoms with Crippen molar-refractivity contribution >= 4 is 0 Å². The van der Waals surface area contributed by atoms with Crippen LogP contribution in [0.2, 0.25) is 0 Å². The van der Waals surface area contributed by atoms with Gasteiger partial charge in [0.15, 0.2) is 0 Å². The van der Waals surface area contributed by atoms with Crippen molar-refractivity contribution in [2.45, 2.75) is 38.5 Å². The molecule has 100 valence electrons. The highest BCUT2D eigenvalue weighted by Crippen LogP contribution is 2.40. The van der Waals surface area contributed by atoms with Crippen LogP contribution in [0.25, 0.3) is 0 Å². The smallest absolute Gasteiger partial charge is 0.269 e. The van der Waals surface area contributed by atoms with Crippen molar-refractivity contribution in [2.24, 2.45) is 0 Å². The molecule has 3 heterocycles. The minimum Gasteiger partial charge on any atom is -0.342 e. The second-order valence-corrected chi connectivity index (χ2v) is 5.28. The average Bonchev–Trinajstić information content (AvgIpc) is 2.99. The lowest BCUT2D eigenvalue weighted by Crippen LogP contribution is -2.29. The minimum atomic E-state index is -0.767. The van der Waals surface area contributed by atoms with Crippen molar-refractivity contribution in [3.05, 3.63) is 33.2 Å². The molecule has 0 radical (unpaired) electrons. The number of nitriles is 1. The van der Waals surface area contributed by atoms with Crippen molar-refractivity contribution < 1.29 is 9.47 Å². The fourth-order valence-electron chi connectivity index (χ4n) is 2.90. The Balaban J connectivity index is 2.26. The third-order valence-electron chi connectivity index (χ3n) is 3.87. The van der Waals surface area contributed by atoms with Gasteiger partial charge in [0.2, 0.25) is 5.79 Å². The summed E-state index contributed by atoms with van der Waals surface area (Å²) in [5.74, 6) is -0.649. The predicted molar refractivity (Wildman–Crippen MR) is 67.7 cm³/mol. The Morgan fingerprint density at radius 1 is 1.42 bits per heavy atom. The highest BCUT2D eigenvalue weighted by Gasteiger charge is 2.45. The molecule has 0 atom stereocenters. The van der Waals surface area contributed by atoms with E-state index < -0.39 is 5.79 Å². The molecule has 0 bridgehead atoms. The first-order chi connectivity index (χ1) is 9.09. The molecular formula is C14H16N2O3. The molecule has 0 aliphatic carbocycles. The van der Waals surface area contributed by atoms with Crippen LogP contribution in [0.15, 0.2) is 10.9 Å². The van der Waals surface area contributed by atoms with Gasteiger partial charge in [-0.05, 0) is 17.5 Å². The van der Waals surface area contributed by atoms with Gasteiger partial charge in [0.1, 0.15) is 11.6 Å². The molecule has 0 saturated carbocycles. The molecule has 5 heteroatoms. The first-order valence-electron chi connectivity index (χ1n) is 6.55. The molecule has 0 amide bonds. The van der Waals surface area contributed by atoms with E-state index in [1.165, 1.54) is 0 Å². The maximum Gasteiger partial charge on any atom is 0.269 e. The van der Waals surface area contributed by atoms with Gasteiger partial charge in [-0.25, -0.2) is 0 Å². The Hall–Kier alpha value is -1.64. The molecule has 19 heavy (non-hydrogen) atoms. The predicted octanol–water partition coefficient (Wildman–Crippen LogP) is 1.45. The quantitative estimate of drug-likeness (QED) is 0.766. The van der Waals surface area contributed by atoms with Gasteiger partial charge < -0.3 is 14.0 Å². The first-order valence-corrected chi connectivity index (χ1v) is 6.55. The van der Waals surface area contributed by atoms with E-state index >= 15 is 0 Å². The summed E-state index contributed by atoms with van der Waals surface area (Å²) >= 11 is 0. The standard InChI is InChI=1S/C14H16N2O3/c1-9(2)10-7-12-14(18-5-6-19-14)3-4-16(12)13(17)11(10)8-15/h7,9H,3-6H2,1-2H3. The monoisotopic (exact) mass is 260 g/mol. The van der Waals surface area contributed by atoms with Gasteiger partial charge in [-0.1, -0.05) is 13.8 Å². The summed E-state index contributed by atoms with van der Waals surface area (Å²) in [6, 6.07) is 3.94. The maximum atomic E-state index is 12.4. The zero-order valence-electron chi connectivity index (χ0n) is 11.1. The second kappa shape index (κ2) is 4.19. The van der Waals surface area contributed by atoms with E-state index in [0.29, 0.717) is 26.2 Å². The summed E-state index contributed by atoms with van der Waals surface area (Å²) in [5, 5.41) is 9.21. The molecule has 1 aromatic rings. The van der Waals surface area contributed by atoms with E-state index in [1.807, 2.05) is 26.0 Å². The molecule has 5 nitrogen and oxygen atoms in total. The Labute approximate surface area is 111 Å². The van der Waals surface area contributed by atoms with Crippen LogP contribution in [0, 0.1) is 11.3 Å². The van der Waals surface area contributed by atoms with Gasteiger partial charge in [-0.2, -0.15) is 5.26 Å². The Kier molecular flexibility index (Phi) is 2.73. The lowest BCUT2D eigenvalue weighted by molar-refractivity contribution is -0.163. The molecule has 1 fully saturated rings. The molecule has 1 spiro atoms. The maximum absolute atomic E-state index is 12.4. The van der Waals surface area contributed by atoms with E-state index in [2.05, 4.69) is 0 Å². The third kappa shape index (κ3) is 1.64. The SMILES string of the molecule is CC(C)c1cc2n(c(=O)c1C#N)CCC21OCCO1. The lowest BCUT2D eigenvalue weighted by atomic mass is 9.97. The Bertz CT molecular complexity index is 619. The number of pyridine rings is 1. The number of ether oxygens (including phenoxy) is 2. The van der Waals surface area contributed by atoms with Crippen molar-refractivity contribution in [2.75, 3.05) is 13.2 Å². The van der Waals surface area contributed by atoms with E-state index in [0.717, 1.165) is 11.3 Å². The highest BCUT2D eigenvalue weighted by molar-refractivity contribution is 5.41. The number of fused-ring (bicyclic) bond motifs is 2. The van der Waals surface area contributed by atoms with Crippen LogP contribution < -0.4 is 5.56 Å². The summed E-state index contributed by atoms with van der Waals surface area (Å²) in [6.45, 7) is 5.59. The Morgan fingerprint density at radius 3 is 2.68 bits per heavy atom. The van der Waals surface area contributed by atoms with Crippen LogP contribution in [-0.4, -0.2) is 17.8 Å². The van der Waals surface area contributed by atoms with Crippen molar-refractivity contribution in [1.82, 2.24) is 4.57 Å². The molecule has 1 saturated heterocycles. The fraction of sp³-hybridized carbons (Fsp3) is 0.571. The molecule has 0 N–H and O–H groups in total. The van der Waals surface area contributed by atoms with E-state index in [9.17, 15) is 10.1 Å². The van der Waals surface area contributed by atoms with E-state index in [1.54, 1.807) is 4.57 Å². The van der Waals surface area contributed by atoms with Crippen LogP contribution in [-0.2, 0) is 21.8 Å². The topological polar surface area (TPSA) is 64.2 Å². The first kappa shape index (κ1) is 12.4. The number of nitrogens with zero attached hydrogens (tertiary/aromatic N) is 2. The molecule has 3 rings (SSSR count). The highest BCUT2D eigenvalue weighted by atomic mass is 16.7. The number of hydrogen-bond donors (Lipinski definition) is 0. The molecule has 1 aromatic heterocycles. The third-order valence-corrected chi connectivity index (χ3v) is 3.87. The van der Waals surface area contributed by atoms with Gasteiger partial charge in [0.05, 0.1) is 18.9 Å². The van der Waals surface area contributed by atoms with Gasteiger partial charge in [-0.15, -0.1) is 0 Å². The normalized spacial score (nSPS) is 19.9. The summed E-state index contributed by atoms with van der Waals surface area (Å²) in [4.78, 5) is 12.4.